The Bertz CT molecular complexity index is 857. The van der Waals surface area contributed by atoms with Gasteiger partial charge in [0.15, 0.2) is 5.11 Å². The van der Waals surface area contributed by atoms with Gasteiger partial charge in [0.25, 0.3) is 5.69 Å². The molecular formula is C14H10F3N5O2S2. The van der Waals surface area contributed by atoms with Crippen molar-refractivity contribution in [1.29, 1.82) is 0 Å². The lowest BCUT2D eigenvalue weighted by Crippen LogP contribution is -2.24. The topological polar surface area (TPSA) is 106 Å². The number of nitrogens with one attached hydrogen (secondary N) is 1. The second-order valence-electron chi connectivity index (χ2n) is 4.70. The first kappa shape index (κ1) is 19.6. The first-order valence-electron chi connectivity index (χ1n) is 6.75. The minimum atomic E-state index is -4.48. The molecule has 1 aromatic heterocycles. The van der Waals surface area contributed by atoms with Crippen LogP contribution in [0.3, 0.4) is 0 Å². The van der Waals surface area contributed by atoms with Gasteiger partial charge in [-0.15, -0.1) is 0 Å². The third kappa shape index (κ3) is 5.39. The van der Waals surface area contributed by atoms with E-state index in [1.54, 1.807) is 0 Å². The highest BCUT2D eigenvalue weighted by Crippen LogP contribution is 2.33. The summed E-state index contributed by atoms with van der Waals surface area (Å²) in [7, 11) is 0. The number of alkyl halides is 3. The van der Waals surface area contributed by atoms with Crippen molar-refractivity contribution in [2.75, 3.05) is 0 Å². The van der Waals surface area contributed by atoms with Gasteiger partial charge in [0, 0.05) is 28.8 Å². The van der Waals surface area contributed by atoms with Crippen LogP contribution >= 0.6 is 24.0 Å². The standard InChI is InChI=1S/C14H10F3N5O2S2/c15-14(16,17)9-1-4-12(19-7-9)26-11-3-2-10(22(23)24)5-8(11)6-20-21-13(18)25/h1-7H,(H3,18,21,25). The van der Waals surface area contributed by atoms with Gasteiger partial charge in [-0.05, 0) is 30.4 Å². The SMILES string of the molecule is NC(=S)NN=Cc1cc([N+](=O)[O-])ccc1Sc1ccc(C(F)(F)F)cn1. The van der Waals surface area contributed by atoms with E-state index < -0.39 is 16.7 Å². The number of nitro benzene ring substituents is 1. The molecule has 0 spiro atoms. The summed E-state index contributed by atoms with van der Waals surface area (Å²) in [6.45, 7) is 0. The van der Waals surface area contributed by atoms with Crippen LogP contribution in [0.25, 0.3) is 0 Å². The molecule has 3 N–H and O–H groups in total. The summed E-state index contributed by atoms with van der Waals surface area (Å²) in [6.07, 6.45) is -2.50. The number of hydrazone groups is 1. The molecule has 0 saturated heterocycles. The van der Waals surface area contributed by atoms with Crippen LogP contribution in [0.4, 0.5) is 18.9 Å². The lowest BCUT2D eigenvalue weighted by molar-refractivity contribution is -0.384. The Morgan fingerprint density at radius 1 is 1.38 bits per heavy atom. The lowest BCUT2D eigenvalue weighted by atomic mass is 10.2. The number of non-ortho nitro benzene ring substituents is 1. The zero-order valence-corrected chi connectivity index (χ0v) is 14.4. The van der Waals surface area contributed by atoms with Crippen molar-refractivity contribution in [3.8, 4) is 0 Å². The molecule has 0 amide bonds. The molecule has 0 aliphatic rings. The Labute approximate surface area is 154 Å². The number of thiocarbonyl (C=S) groups is 1. The predicted molar refractivity (Wildman–Crippen MR) is 94.0 cm³/mol. The van der Waals surface area contributed by atoms with E-state index in [1.807, 2.05) is 0 Å². The lowest BCUT2D eigenvalue weighted by Gasteiger charge is -2.08. The number of aromatic nitrogens is 1. The molecule has 1 aromatic carbocycles. The van der Waals surface area contributed by atoms with Crippen LogP contribution in [0, 0.1) is 10.1 Å². The van der Waals surface area contributed by atoms with Crippen LogP contribution in [0.15, 0.2) is 51.6 Å². The fourth-order valence-electron chi connectivity index (χ4n) is 1.73. The molecule has 136 valence electrons. The Morgan fingerprint density at radius 3 is 2.65 bits per heavy atom. The van der Waals surface area contributed by atoms with Gasteiger partial charge in [0.2, 0.25) is 0 Å². The van der Waals surface area contributed by atoms with E-state index in [1.165, 1.54) is 30.5 Å². The molecular weight excluding hydrogens is 391 g/mol. The highest BCUT2D eigenvalue weighted by Gasteiger charge is 2.30. The average Bonchev–Trinajstić information content (AvgIpc) is 2.55. The fourth-order valence-corrected chi connectivity index (χ4v) is 2.61. The predicted octanol–water partition coefficient (Wildman–Crippen LogP) is 3.33. The molecule has 0 fully saturated rings. The van der Waals surface area contributed by atoms with Gasteiger partial charge in [-0.2, -0.15) is 18.3 Å². The van der Waals surface area contributed by atoms with E-state index in [9.17, 15) is 23.3 Å². The summed E-state index contributed by atoms with van der Waals surface area (Å²) in [5.74, 6) is 0. The third-order valence-corrected chi connectivity index (χ3v) is 3.99. The summed E-state index contributed by atoms with van der Waals surface area (Å²) in [5.41, 5.74) is 6.85. The van der Waals surface area contributed by atoms with Gasteiger partial charge >= 0.3 is 6.18 Å². The number of benzene rings is 1. The number of hydrogen-bond donors (Lipinski definition) is 2. The van der Waals surface area contributed by atoms with Crippen LogP contribution < -0.4 is 11.2 Å². The zero-order valence-electron chi connectivity index (χ0n) is 12.7. The first-order valence-corrected chi connectivity index (χ1v) is 7.97. The maximum atomic E-state index is 12.6. The van der Waals surface area contributed by atoms with Crippen molar-refractivity contribution < 1.29 is 18.1 Å². The summed E-state index contributed by atoms with van der Waals surface area (Å²) in [4.78, 5) is 14.6. The second-order valence-corrected chi connectivity index (χ2v) is 6.20. The maximum absolute atomic E-state index is 12.6. The van der Waals surface area contributed by atoms with Gasteiger partial charge in [0.1, 0.15) is 5.03 Å². The van der Waals surface area contributed by atoms with E-state index in [-0.39, 0.29) is 15.8 Å². The van der Waals surface area contributed by atoms with E-state index >= 15 is 0 Å². The van der Waals surface area contributed by atoms with Gasteiger partial charge in [-0.1, -0.05) is 11.8 Å². The van der Waals surface area contributed by atoms with Gasteiger partial charge in [-0.3, -0.25) is 15.5 Å². The fraction of sp³-hybridized carbons (Fsp3) is 0.0714. The highest BCUT2D eigenvalue weighted by molar-refractivity contribution is 7.99. The van der Waals surface area contributed by atoms with Gasteiger partial charge in [0.05, 0.1) is 16.7 Å². The first-order chi connectivity index (χ1) is 12.2. The van der Waals surface area contributed by atoms with Crippen molar-refractivity contribution in [2.24, 2.45) is 10.8 Å². The molecule has 26 heavy (non-hydrogen) atoms. The van der Waals surface area contributed by atoms with E-state index in [2.05, 4.69) is 27.7 Å². The van der Waals surface area contributed by atoms with Crippen molar-refractivity contribution in [3.63, 3.8) is 0 Å². The van der Waals surface area contributed by atoms with Crippen molar-refractivity contribution in [2.45, 2.75) is 16.1 Å². The number of rotatable bonds is 5. The number of hydrogen-bond acceptors (Lipinski definition) is 6. The number of nitro groups is 1. The van der Waals surface area contributed by atoms with Gasteiger partial charge < -0.3 is 5.73 Å². The van der Waals surface area contributed by atoms with E-state index in [4.69, 9.17) is 5.73 Å². The maximum Gasteiger partial charge on any atom is 0.417 e. The molecule has 0 bridgehead atoms. The van der Waals surface area contributed by atoms with E-state index in [0.717, 1.165) is 24.0 Å². The summed E-state index contributed by atoms with van der Waals surface area (Å²) >= 11 is 5.62. The normalized spacial score (nSPS) is 11.5. The largest absolute Gasteiger partial charge is 0.417 e. The molecule has 0 saturated carbocycles. The average molecular weight is 401 g/mol. The van der Waals surface area contributed by atoms with Crippen molar-refractivity contribution in [1.82, 2.24) is 10.4 Å². The number of nitrogens with zero attached hydrogens (tertiary/aromatic N) is 3. The zero-order chi connectivity index (χ0) is 19.3. The minimum absolute atomic E-state index is 0.0923. The second kappa shape index (κ2) is 8.10. The molecule has 2 rings (SSSR count). The van der Waals surface area contributed by atoms with Crippen LogP contribution in [-0.4, -0.2) is 21.2 Å². The van der Waals surface area contributed by atoms with Crippen LogP contribution in [0.5, 0.6) is 0 Å². The number of halogens is 3. The Morgan fingerprint density at radius 2 is 2.12 bits per heavy atom. The summed E-state index contributed by atoms with van der Waals surface area (Å²) < 4.78 is 37.7. The van der Waals surface area contributed by atoms with Gasteiger partial charge in [-0.25, -0.2) is 4.98 Å². The van der Waals surface area contributed by atoms with Crippen LogP contribution in [0.2, 0.25) is 0 Å². The Hall–Kier alpha value is -2.73. The monoisotopic (exact) mass is 401 g/mol. The Kier molecular flexibility index (Phi) is 6.10. The third-order valence-electron chi connectivity index (χ3n) is 2.86. The molecule has 1 heterocycles. The molecule has 0 aliphatic heterocycles. The van der Waals surface area contributed by atoms with Crippen LogP contribution in [-0.2, 0) is 6.18 Å². The quantitative estimate of drug-likeness (QED) is 0.343. The molecule has 0 unspecified atom stereocenters. The highest BCUT2D eigenvalue weighted by atomic mass is 32.2. The van der Waals surface area contributed by atoms with Crippen molar-refractivity contribution >= 4 is 41.0 Å². The molecule has 0 atom stereocenters. The molecule has 7 nitrogen and oxygen atoms in total. The molecule has 2 aromatic rings. The Balaban J connectivity index is 2.31. The summed E-state index contributed by atoms with van der Waals surface area (Å²) in [6, 6.07) is 6.10. The minimum Gasteiger partial charge on any atom is -0.375 e. The van der Waals surface area contributed by atoms with Crippen LogP contribution in [0.1, 0.15) is 11.1 Å². The summed E-state index contributed by atoms with van der Waals surface area (Å²) in [5, 5.41) is 14.8. The molecule has 0 radical (unpaired) electrons. The number of nitrogens with two attached hydrogens (primary N) is 1. The smallest absolute Gasteiger partial charge is 0.375 e. The van der Waals surface area contributed by atoms with E-state index in [0.29, 0.717) is 10.5 Å². The molecule has 0 aliphatic carbocycles. The van der Waals surface area contributed by atoms with Crippen molar-refractivity contribution in [3.05, 3.63) is 57.8 Å². The molecule has 12 heteroatoms. The number of pyridine rings is 1.